The number of nitrogens with two attached hydrogens (primary N) is 1. The van der Waals surface area contributed by atoms with Gasteiger partial charge in [0.1, 0.15) is 0 Å². The first kappa shape index (κ1) is 12.4. The molecule has 5 heteroatoms. The van der Waals surface area contributed by atoms with Crippen LogP contribution < -0.4 is 5.73 Å². The smallest absolute Gasteiger partial charge is 0.182 e. The first-order chi connectivity index (χ1) is 8.58. The summed E-state index contributed by atoms with van der Waals surface area (Å²) in [4.78, 5) is 28.3. The molecule has 0 aliphatic carbocycles. The second-order valence-electron chi connectivity index (χ2n) is 3.86. The summed E-state index contributed by atoms with van der Waals surface area (Å²) in [7, 11) is 0. The van der Waals surface area contributed by atoms with Crippen molar-refractivity contribution in [3.63, 3.8) is 0 Å². The molecule has 0 atom stereocenters. The number of anilines is 1. The number of thiazole rings is 1. The number of aromatic nitrogens is 1. The number of hydrogen-bond donors (Lipinski definition) is 1. The van der Waals surface area contributed by atoms with Crippen molar-refractivity contribution in [3.8, 4) is 0 Å². The Hall–Kier alpha value is -2.01. The number of aryl methyl sites for hydroxylation is 1. The normalized spacial score (nSPS) is 10.3. The minimum atomic E-state index is -0.226. The van der Waals surface area contributed by atoms with E-state index >= 15 is 0 Å². The first-order valence-electron chi connectivity index (χ1n) is 5.42. The molecule has 92 valence electrons. The van der Waals surface area contributed by atoms with Crippen LogP contribution >= 0.6 is 11.3 Å². The second-order valence-corrected chi connectivity index (χ2v) is 4.89. The molecule has 1 aromatic carbocycles. The van der Waals surface area contributed by atoms with Gasteiger partial charge < -0.3 is 5.73 Å². The third kappa shape index (κ3) is 2.62. The minimum absolute atomic E-state index is 0.146. The highest BCUT2D eigenvalue weighted by Crippen LogP contribution is 2.21. The molecular weight excluding hydrogens is 248 g/mol. The Morgan fingerprint density at radius 2 is 1.89 bits per heavy atom. The highest BCUT2D eigenvalue weighted by Gasteiger charge is 2.18. The third-order valence-electron chi connectivity index (χ3n) is 2.48. The van der Waals surface area contributed by atoms with E-state index in [9.17, 15) is 9.59 Å². The third-order valence-corrected chi connectivity index (χ3v) is 3.51. The zero-order chi connectivity index (χ0) is 13.1. The van der Waals surface area contributed by atoms with E-state index in [4.69, 9.17) is 5.73 Å². The Balaban J connectivity index is 2.13. The molecule has 1 aromatic heterocycles. The van der Waals surface area contributed by atoms with Gasteiger partial charge in [0.25, 0.3) is 0 Å². The number of ketones is 2. The van der Waals surface area contributed by atoms with Gasteiger partial charge in [-0.1, -0.05) is 41.7 Å². The largest absolute Gasteiger partial charge is 0.375 e. The van der Waals surface area contributed by atoms with Crippen LogP contribution in [-0.2, 0) is 0 Å². The number of Topliss-reactive ketones (excluding diaryl/α,β-unsaturated/α-hetero) is 2. The van der Waals surface area contributed by atoms with Gasteiger partial charge in [0.2, 0.25) is 0 Å². The lowest BCUT2D eigenvalue weighted by atomic mass is 10.1. The number of carbonyl (C=O) groups excluding carboxylic acids is 2. The molecule has 0 saturated heterocycles. The van der Waals surface area contributed by atoms with Crippen molar-refractivity contribution in [2.45, 2.75) is 13.3 Å². The molecule has 0 aliphatic heterocycles. The summed E-state index contributed by atoms with van der Waals surface area (Å²) < 4.78 is 0. The Bertz CT molecular complexity index is 590. The van der Waals surface area contributed by atoms with E-state index in [1.54, 1.807) is 31.2 Å². The summed E-state index contributed by atoms with van der Waals surface area (Å²) in [6.45, 7) is 1.72. The monoisotopic (exact) mass is 260 g/mol. The maximum absolute atomic E-state index is 12.0. The lowest BCUT2D eigenvalue weighted by Crippen LogP contribution is -2.08. The van der Waals surface area contributed by atoms with Crippen LogP contribution in [-0.4, -0.2) is 16.6 Å². The first-order valence-corrected chi connectivity index (χ1v) is 6.24. The molecule has 0 amide bonds. The Morgan fingerprint density at radius 3 is 2.44 bits per heavy atom. The van der Waals surface area contributed by atoms with Gasteiger partial charge in [-0.05, 0) is 6.92 Å². The highest BCUT2D eigenvalue weighted by atomic mass is 32.1. The van der Waals surface area contributed by atoms with Crippen molar-refractivity contribution < 1.29 is 9.59 Å². The minimum Gasteiger partial charge on any atom is -0.375 e. The van der Waals surface area contributed by atoms with E-state index in [-0.39, 0.29) is 18.0 Å². The summed E-state index contributed by atoms with van der Waals surface area (Å²) in [6, 6.07) is 8.76. The molecule has 2 rings (SSSR count). The maximum Gasteiger partial charge on any atom is 0.182 e. The summed E-state index contributed by atoms with van der Waals surface area (Å²) in [5.41, 5.74) is 6.66. The average molecular weight is 260 g/mol. The fourth-order valence-electron chi connectivity index (χ4n) is 1.63. The molecule has 4 nitrogen and oxygen atoms in total. The van der Waals surface area contributed by atoms with Crippen molar-refractivity contribution in [2.75, 3.05) is 5.73 Å². The van der Waals surface area contributed by atoms with Crippen LogP contribution in [0, 0.1) is 6.92 Å². The average Bonchev–Trinajstić information content (AvgIpc) is 2.69. The molecule has 0 aliphatic rings. The molecule has 0 radical (unpaired) electrons. The summed E-state index contributed by atoms with van der Waals surface area (Å²) in [6.07, 6.45) is -0.146. The number of carbonyl (C=O) groups is 2. The lowest BCUT2D eigenvalue weighted by Gasteiger charge is -1.99. The lowest BCUT2D eigenvalue weighted by molar-refractivity contribution is 0.0896. The molecule has 0 saturated carbocycles. The Labute approximate surface area is 108 Å². The number of benzene rings is 1. The van der Waals surface area contributed by atoms with E-state index in [0.29, 0.717) is 21.3 Å². The number of nitrogens with zero attached hydrogens (tertiary/aromatic N) is 1. The molecular formula is C13H12N2O2S. The van der Waals surface area contributed by atoms with E-state index in [1.807, 2.05) is 6.07 Å². The highest BCUT2D eigenvalue weighted by molar-refractivity contribution is 7.17. The molecule has 0 bridgehead atoms. The maximum atomic E-state index is 12.0. The van der Waals surface area contributed by atoms with Crippen molar-refractivity contribution in [2.24, 2.45) is 0 Å². The van der Waals surface area contributed by atoms with Crippen molar-refractivity contribution >= 4 is 28.0 Å². The van der Waals surface area contributed by atoms with Crippen LogP contribution in [0.3, 0.4) is 0 Å². The van der Waals surface area contributed by atoms with Gasteiger partial charge in [0.15, 0.2) is 16.7 Å². The molecule has 0 fully saturated rings. The fraction of sp³-hybridized carbons (Fsp3) is 0.154. The molecule has 1 heterocycles. The molecule has 0 spiro atoms. The van der Waals surface area contributed by atoms with Crippen LogP contribution in [0.1, 0.15) is 32.1 Å². The zero-order valence-electron chi connectivity index (χ0n) is 9.84. The second kappa shape index (κ2) is 5.10. The topological polar surface area (TPSA) is 73.0 Å². The standard InChI is InChI=1S/C13H12N2O2S/c1-8-12(18-13(14)15-8)11(17)7-10(16)9-5-3-2-4-6-9/h2-6H,7H2,1H3,(H2,14,15). The van der Waals surface area contributed by atoms with Gasteiger partial charge in [0, 0.05) is 5.56 Å². The molecule has 18 heavy (non-hydrogen) atoms. The predicted molar refractivity (Wildman–Crippen MR) is 71.0 cm³/mol. The van der Waals surface area contributed by atoms with Gasteiger partial charge >= 0.3 is 0 Å². The Morgan fingerprint density at radius 1 is 1.22 bits per heavy atom. The summed E-state index contributed by atoms with van der Waals surface area (Å²) in [5, 5.41) is 0.350. The predicted octanol–water partition coefficient (Wildman–Crippen LogP) is 2.49. The zero-order valence-corrected chi connectivity index (χ0v) is 10.7. The van der Waals surface area contributed by atoms with Gasteiger partial charge in [-0.2, -0.15) is 0 Å². The number of nitrogen functional groups attached to an aromatic ring is 1. The summed E-state index contributed by atoms with van der Waals surface area (Å²) in [5.74, 6) is -0.414. The Kier molecular flexibility index (Phi) is 3.53. The summed E-state index contributed by atoms with van der Waals surface area (Å²) >= 11 is 1.12. The van der Waals surface area contributed by atoms with Gasteiger partial charge in [0.05, 0.1) is 17.0 Å². The molecule has 2 aromatic rings. The molecule has 0 unspecified atom stereocenters. The van der Waals surface area contributed by atoms with Crippen molar-refractivity contribution in [3.05, 3.63) is 46.5 Å². The SMILES string of the molecule is Cc1nc(N)sc1C(=O)CC(=O)c1ccccc1. The van der Waals surface area contributed by atoms with Crippen LogP contribution in [0.25, 0.3) is 0 Å². The van der Waals surface area contributed by atoms with Crippen LogP contribution in [0.15, 0.2) is 30.3 Å². The van der Waals surface area contributed by atoms with Gasteiger partial charge in [-0.3, -0.25) is 9.59 Å². The number of rotatable bonds is 4. The number of hydrogen-bond acceptors (Lipinski definition) is 5. The van der Waals surface area contributed by atoms with Crippen LogP contribution in [0.5, 0.6) is 0 Å². The van der Waals surface area contributed by atoms with Crippen LogP contribution in [0.4, 0.5) is 5.13 Å². The van der Waals surface area contributed by atoms with E-state index in [2.05, 4.69) is 4.98 Å². The quantitative estimate of drug-likeness (QED) is 0.677. The van der Waals surface area contributed by atoms with Crippen molar-refractivity contribution in [1.29, 1.82) is 0 Å². The van der Waals surface area contributed by atoms with Gasteiger partial charge in [-0.25, -0.2) is 4.98 Å². The van der Waals surface area contributed by atoms with E-state index in [1.165, 1.54) is 0 Å². The van der Waals surface area contributed by atoms with E-state index < -0.39 is 0 Å². The van der Waals surface area contributed by atoms with Crippen LogP contribution in [0.2, 0.25) is 0 Å². The van der Waals surface area contributed by atoms with Gasteiger partial charge in [-0.15, -0.1) is 0 Å². The molecule has 2 N–H and O–H groups in total. The fourth-order valence-corrected chi connectivity index (χ4v) is 2.40. The van der Waals surface area contributed by atoms with Crippen molar-refractivity contribution in [1.82, 2.24) is 4.98 Å². The van der Waals surface area contributed by atoms with E-state index in [0.717, 1.165) is 11.3 Å².